The summed E-state index contributed by atoms with van der Waals surface area (Å²) in [6.07, 6.45) is 0. The fourth-order valence-electron chi connectivity index (χ4n) is 0.734. The third-order valence-electron chi connectivity index (χ3n) is 1.36. The second-order valence-electron chi connectivity index (χ2n) is 2.11. The molecule has 1 aromatic rings. The van der Waals surface area contributed by atoms with Gasteiger partial charge in [0.1, 0.15) is 0 Å². The van der Waals surface area contributed by atoms with Crippen molar-refractivity contribution >= 4 is 15.9 Å². The normalized spacial score (nSPS) is 8.91. The maximum Gasteiger partial charge on any atom is 0.0681 e. The molecule has 1 N–H and O–H groups in total. The molecule has 0 aliphatic heterocycles. The van der Waals surface area contributed by atoms with Crippen LogP contribution >= 0.6 is 15.9 Å². The number of benzene rings is 1. The summed E-state index contributed by atoms with van der Waals surface area (Å²) in [6, 6.07) is 7.85. The zero-order valence-corrected chi connectivity index (χ0v) is 14.3. The van der Waals surface area contributed by atoms with Crippen LogP contribution in [0, 0.1) is 0 Å². The van der Waals surface area contributed by atoms with Crippen LogP contribution in [0.15, 0.2) is 24.3 Å². The Kier molecular flexibility index (Phi) is 3.93. The first-order chi connectivity index (χ1) is 4.86. The van der Waals surface area contributed by atoms with Crippen LogP contribution in [-0.2, 0) is 11.9 Å². The standard InChI is InChI=1S/C8H9BrO.Sg/c9-5-7-1-3-8(6-10)4-2-7;/h1-4,10H,5-6H2;. The number of halogens is 1. The zero-order chi connectivity index (χ0) is 7.40. The first-order valence-electron chi connectivity index (χ1n) is 3.11. The zero-order valence-electron chi connectivity index (χ0n) is 6.26. The topological polar surface area (TPSA) is 20.2 Å². The van der Waals surface area contributed by atoms with E-state index in [0.717, 1.165) is 10.9 Å². The summed E-state index contributed by atoms with van der Waals surface area (Å²) in [6.45, 7) is 0.128. The molecular weight excluding hydrogens is 461 g/mol. The van der Waals surface area contributed by atoms with Crippen LogP contribution in [0.3, 0.4) is 0 Å². The van der Waals surface area contributed by atoms with Crippen molar-refractivity contribution in [3.8, 4) is 0 Å². The smallest absolute Gasteiger partial charge is 0.0681 e. The summed E-state index contributed by atoms with van der Waals surface area (Å²) < 4.78 is 0. The Bertz CT molecular complexity index is 175. The summed E-state index contributed by atoms with van der Waals surface area (Å²) >= 11 is 3.34. The maximum atomic E-state index is 8.69. The molecule has 0 unspecified atom stereocenters. The largest absolute Gasteiger partial charge is 0.392 e. The number of aliphatic hydroxyl groups excluding tert-OH is 1. The molecule has 0 fully saturated rings. The molecule has 0 bridgehead atoms. The molecule has 0 amide bonds. The van der Waals surface area contributed by atoms with Crippen molar-refractivity contribution in [1.29, 1.82) is 0 Å². The van der Waals surface area contributed by atoms with Crippen molar-refractivity contribution in [2.75, 3.05) is 0 Å². The Balaban J connectivity index is 0.000001000. The third kappa shape index (κ3) is 2.40. The Morgan fingerprint density at radius 1 is 1.09 bits per heavy atom. The van der Waals surface area contributed by atoms with E-state index in [1.807, 2.05) is 24.3 Å². The molecule has 0 atom stereocenters. The number of rotatable bonds is 2. The van der Waals surface area contributed by atoms with Crippen molar-refractivity contribution in [2.45, 2.75) is 11.9 Å². The second kappa shape index (κ2) is 4.47. The summed E-state index contributed by atoms with van der Waals surface area (Å²) in [4.78, 5) is 0. The van der Waals surface area contributed by atoms with Crippen molar-refractivity contribution < 1.29 is 5.11 Å². The average molecular weight is 470 g/mol. The van der Waals surface area contributed by atoms with Gasteiger partial charge in [0.25, 0.3) is 0 Å². The van der Waals surface area contributed by atoms with E-state index >= 15 is 0 Å². The van der Waals surface area contributed by atoms with Crippen LogP contribution in [0.2, 0.25) is 0 Å². The van der Waals surface area contributed by atoms with Crippen molar-refractivity contribution in [2.24, 2.45) is 0 Å². The monoisotopic (exact) mass is 471 g/mol. The molecule has 0 saturated heterocycles. The molecule has 0 heterocycles. The third-order valence-corrected chi connectivity index (χ3v) is 2.01. The van der Waals surface area contributed by atoms with Gasteiger partial charge in [0, 0.05) is 5.33 Å². The molecule has 1 nitrogen and oxygen atoms in total. The Labute approximate surface area is 68.8 Å². The molecule has 0 radical (unpaired) electrons. The van der Waals surface area contributed by atoms with Crippen molar-refractivity contribution in [1.82, 2.24) is 0 Å². The van der Waals surface area contributed by atoms with Gasteiger partial charge in [0.15, 0.2) is 0 Å². The summed E-state index contributed by atoms with van der Waals surface area (Å²) in [7, 11) is 0. The first-order valence-corrected chi connectivity index (χ1v) is 4.23. The Morgan fingerprint density at radius 3 is 1.91 bits per heavy atom. The molecule has 0 aromatic heterocycles. The minimum atomic E-state index is 0. The minimum Gasteiger partial charge on any atom is -0.392 e. The van der Waals surface area contributed by atoms with E-state index in [9.17, 15) is 0 Å². The molecule has 1 aromatic carbocycles. The van der Waals surface area contributed by atoms with E-state index in [-0.39, 0.29) is 6.61 Å². The van der Waals surface area contributed by atoms with Crippen LogP contribution < -0.4 is 0 Å². The molecule has 56 valence electrons. The first kappa shape index (κ1) is 9.66. The van der Waals surface area contributed by atoms with Gasteiger partial charge in [-0.1, -0.05) is 40.2 Å². The van der Waals surface area contributed by atoms with E-state index in [1.165, 1.54) is 5.56 Å². The second-order valence-corrected chi connectivity index (χ2v) is 2.67. The number of alkyl halides is 1. The minimum absolute atomic E-state index is 0. The SMILES string of the molecule is OCc1ccc(CBr)cc1.[Sg]. The number of aliphatic hydroxyl groups is 1. The molecule has 0 aliphatic rings. The van der Waals surface area contributed by atoms with E-state index in [0.29, 0.717) is 0 Å². The van der Waals surface area contributed by atoms with Gasteiger partial charge in [-0.2, -0.15) is 0 Å². The van der Waals surface area contributed by atoms with E-state index in [1.54, 1.807) is 0 Å². The summed E-state index contributed by atoms with van der Waals surface area (Å²) in [5.41, 5.74) is 2.20. The molecular formula is C8H9BrOSg. The van der Waals surface area contributed by atoms with Gasteiger partial charge < -0.3 is 5.11 Å². The van der Waals surface area contributed by atoms with Crippen LogP contribution in [-0.4, -0.2) is 5.11 Å². The van der Waals surface area contributed by atoms with Crippen LogP contribution in [0.1, 0.15) is 11.1 Å². The molecule has 3 heteroatoms. The number of hydrogen-bond acceptors (Lipinski definition) is 1. The van der Waals surface area contributed by atoms with Crippen molar-refractivity contribution in [3.63, 3.8) is 0 Å². The average Bonchev–Trinajstić information content (AvgIpc) is 2.05. The van der Waals surface area contributed by atoms with Gasteiger partial charge in [0.2, 0.25) is 0 Å². The van der Waals surface area contributed by atoms with Gasteiger partial charge >= 0.3 is 0 Å². The van der Waals surface area contributed by atoms with Crippen LogP contribution in [0.5, 0.6) is 0 Å². The fourth-order valence-corrected chi connectivity index (χ4v) is 1.11. The van der Waals surface area contributed by atoms with E-state index < -0.39 is 0 Å². The van der Waals surface area contributed by atoms with Gasteiger partial charge in [0.05, 0.1) is 6.61 Å². The van der Waals surface area contributed by atoms with Crippen molar-refractivity contribution in [3.05, 3.63) is 35.4 Å². The van der Waals surface area contributed by atoms with Gasteiger partial charge in [-0.15, -0.1) is 0 Å². The van der Waals surface area contributed by atoms with Gasteiger partial charge in [-0.25, -0.2) is 0 Å². The summed E-state index contributed by atoms with van der Waals surface area (Å²) in [5.74, 6) is 0. The molecule has 1 rings (SSSR count). The van der Waals surface area contributed by atoms with Gasteiger partial charge in [-0.3, -0.25) is 0 Å². The molecule has 0 saturated carbocycles. The van der Waals surface area contributed by atoms with Crippen LogP contribution in [0.4, 0.5) is 0 Å². The Morgan fingerprint density at radius 2 is 1.55 bits per heavy atom. The quantitative estimate of drug-likeness (QED) is 0.657. The maximum absolute atomic E-state index is 8.69. The predicted octanol–water partition coefficient (Wildman–Crippen LogP) is 2.07. The molecule has 11 heavy (non-hydrogen) atoms. The predicted molar refractivity (Wildman–Crippen MR) is 45.0 cm³/mol. The van der Waals surface area contributed by atoms with Crippen LogP contribution in [0.25, 0.3) is 0 Å². The summed E-state index contributed by atoms with van der Waals surface area (Å²) in [5, 5.41) is 9.56. The molecule has 0 aliphatic carbocycles. The molecule has 0 spiro atoms. The number of hydrogen-bond donors (Lipinski definition) is 1. The fraction of sp³-hybridized carbons (Fsp3) is 0.250. The van der Waals surface area contributed by atoms with E-state index in [2.05, 4.69) is 15.9 Å². The van der Waals surface area contributed by atoms with Gasteiger partial charge in [-0.05, 0) is 11.1 Å². The van der Waals surface area contributed by atoms with E-state index in [4.69, 9.17) is 5.11 Å². The Hall–Kier alpha value is -1.34.